The molecule has 4 rings (SSSR count). The summed E-state index contributed by atoms with van der Waals surface area (Å²) in [4.78, 5) is 13.6. The number of thioether (sulfide) groups is 1. The number of carboxylic acid groups (broad SMARTS) is 1. The van der Waals surface area contributed by atoms with Crippen molar-refractivity contribution in [2.75, 3.05) is 0 Å². The molecule has 1 unspecified atom stereocenters. The van der Waals surface area contributed by atoms with Gasteiger partial charge in [0.25, 0.3) is 0 Å². The van der Waals surface area contributed by atoms with Crippen molar-refractivity contribution in [2.45, 2.75) is 55.9 Å². The van der Waals surface area contributed by atoms with Crippen LogP contribution in [0.25, 0.3) is 10.9 Å². The number of nitrogens with zero attached hydrogens (tertiary/aromatic N) is 1. The molecule has 1 fully saturated rings. The molecule has 1 aliphatic heterocycles. The van der Waals surface area contributed by atoms with Crippen LogP contribution in [0, 0.1) is 5.82 Å². The lowest BCUT2D eigenvalue weighted by molar-refractivity contribution is -0.137. The molecule has 3 nitrogen and oxygen atoms in total. The molecule has 1 atom stereocenters. The summed E-state index contributed by atoms with van der Waals surface area (Å²) in [5, 5.41) is 11.0. The molecule has 2 aromatic rings. The van der Waals surface area contributed by atoms with Gasteiger partial charge in [-0.15, -0.1) is 0 Å². The number of carboxylic acids is 1. The smallest absolute Gasteiger partial charge is 0.304 e. The molecule has 29 heavy (non-hydrogen) atoms. The van der Waals surface area contributed by atoms with Gasteiger partial charge in [0.1, 0.15) is 5.82 Å². The van der Waals surface area contributed by atoms with Gasteiger partial charge in [0.05, 0.1) is 11.9 Å². The number of aromatic nitrogens is 1. The molecule has 1 N–H and O–H groups in total. The third kappa shape index (κ3) is 4.03. The van der Waals surface area contributed by atoms with Crippen LogP contribution in [0.5, 0.6) is 0 Å². The SMILES string of the molecule is C=C/C(Cl)=C\C=C(/C)Sc1c2n(c3cc(F)cc(C4CC4)c13)CCC2CC(=O)O. The summed E-state index contributed by atoms with van der Waals surface area (Å²) in [5.74, 6) is -0.678. The maximum absolute atomic E-state index is 14.4. The minimum Gasteiger partial charge on any atom is -0.481 e. The number of halogens is 2. The van der Waals surface area contributed by atoms with Crippen LogP contribution in [0.1, 0.15) is 55.7 Å². The molecule has 1 aromatic carbocycles. The van der Waals surface area contributed by atoms with E-state index in [1.165, 1.54) is 0 Å². The normalized spacial score (nSPS) is 19.6. The molecule has 0 bridgehead atoms. The number of hydrogen-bond donors (Lipinski definition) is 1. The van der Waals surface area contributed by atoms with Crippen LogP contribution in [0.3, 0.4) is 0 Å². The molecule has 2 heterocycles. The summed E-state index contributed by atoms with van der Waals surface area (Å²) >= 11 is 7.65. The predicted molar refractivity (Wildman–Crippen MR) is 117 cm³/mol. The zero-order chi connectivity index (χ0) is 20.7. The summed E-state index contributed by atoms with van der Waals surface area (Å²) in [6.07, 6.45) is 8.33. The van der Waals surface area contributed by atoms with Gasteiger partial charge in [-0.1, -0.05) is 42.1 Å². The number of carbonyl (C=O) groups is 1. The van der Waals surface area contributed by atoms with E-state index in [1.54, 1.807) is 36.0 Å². The number of aliphatic carboxylic acids is 1. The van der Waals surface area contributed by atoms with E-state index in [1.807, 2.05) is 13.0 Å². The third-order valence-electron chi connectivity index (χ3n) is 5.62. The number of benzene rings is 1. The van der Waals surface area contributed by atoms with Crippen LogP contribution in [0.15, 0.2) is 51.8 Å². The topological polar surface area (TPSA) is 42.2 Å². The fourth-order valence-corrected chi connectivity index (χ4v) is 5.44. The van der Waals surface area contributed by atoms with E-state index in [2.05, 4.69) is 11.1 Å². The van der Waals surface area contributed by atoms with Gasteiger partial charge in [-0.05, 0) is 60.8 Å². The van der Waals surface area contributed by atoms with Crippen molar-refractivity contribution in [2.24, 2.45) is 0 Å². The van der Waals surface area contributed by atoms with Gasteiger partial charge in [-0.2, -0.15) is 0 Å². The Morgan fingerprint density at radius 3 is 2.79 bits per heavy atom. The summed E-state index contributed by atoms with van der Waals surface area (Å²) < 4.78 is 16.6. The molecule has 1 aliphatic carbocycles. The maximum atomic E-state index is 14.4. The second-order valence-corrected chi connectivity index (χ2v) is 9.44. The Labute approximate surface area is 178 Å². The van der Waals surface area contributed by atoms with Crippen molar-refractivity contribution in [3.8, 4) is 0 Å². The van der Waals surface area contributed by atoms with E-state index in [0.29, 0.717) is 11.0 Å². The molecule has 0 saturated heterocycles. The van der Waals surface area contributed by atoms with Gasteiger partial charge in [0, 0.05) is 33.5 Å². The Morgan fingerprint density at radius 2 is 2.14 bits per heavy atom. The molecule has 0 radical (unpaired) electrons. The summed E-state index contributed by atoms with van der Waals surface area (Å²) in [5.41, 5.74) is 2.99. The Bertz CT molecular complexity index is 1060. The van der Waals surface area contributed by atoms with E-state index in [-0.39, 0.29) is 18.2 Å². The Balaban J connectivity index is 1.88. The minimum atomic E-state index is -0.800. The van der Waals surface area contributed by atoms with Crippen LogP contribution < -0.4 is 0 Å². The highest BCUT2D eigenvalue weighted by Gasteiger charge is 2.35. The van der Waals surface area contributed by atoms with Crippen LogP contribution >= 0.6 is 23.4 Å². The first-order valence-electron chi connectivity index (χ1n) is 9.80. The summed E-state index contributed by atoms with van der Waals surface area (Å²) in [6.45, 7) is 6.39. The third-order valence-corrected chi connectivity index (χ3v) is 6.97. The van der Waals surface area contributed by atoms with Crippen LogP contribution in [-0.4, -0.2) is 15.6 Å². The Kier molecular flexibility index (Phi) is 5.63. The van der Waals surface area contributed by atoms with Gasteiger partial charge in [-0.3, -0.25) is 4.79 Å². The standard InChI is InChI=1S/C23H23ClFNO2S/c1-3-16(24)7-4-13(2)29-23-21-18(14-5-6-14)11-17(25)12-19(21)26-9-8-15(22(23)26)10-20(27)28/h3-4,7,11-12,14-15H,1,5-6,8-10H2,2H3,(H,27,28)/b13-4+,16-7+. The number of aryl methyl sites for hydroxylation is 1. The first-order chi connectivity index (χ1) is 13.9. The molecular formula is C23H23ClFNO2S. The number of fused-ring (bicyclic) bond motifs is 3. The maximum Gasteiger partial charge on any atom is 0.304 e. The molecule has 152 valence electrons. The van der Waals surface area contributed by atoms with Gasteiger partial charge in [0.2, 0.25) is 0 Å². The van der Waals surface area contributed by atoms with Crippen molar-refractivity contribution in [1.82, 2.24) is 4.57 Å². The molecule has 1 saturated carbocycles. The molecule has 6 heteroatoms. The average Bonchev–Trinajstić information content (AvgIpc) is 3.38. The Hall–Kier alpha value is -1.98. The lowest BCUT2D eigenvalue weighted by Crippen LogP contribution is -2.04. The largest absolute Gasteiger partial charge is 0.481 e. The van der Waals surface area contributed by atoms with Gasteiger partial charge < -0.3 is 9.67 Å². The predicted octanol–water partition coefficient (Wildman–Crippen LogP) is 6.92. The van der Waals surface area contributed by atoms with Gasteiger partial charge in [-0.25, -0.2) is 4.39 Å². The lowest BCUT2D eigenvalue weighted by Gasteiger charge is -2.12. The van der Waals surface area contributed by atoms with Crippen LogP contribution in [-0.2, 0) is 11.3 Å². The van der Waals surface area contributed by atoms with E-state index in [0.717, 1.165) is 57.8 Å². The van der Waals surface area contributed by atoms with Gasteiger partial charge in [0.15, 0.2) is 0 Å². The van der Waals surface area contributed by atoms with Crippen molar-refractivity contribution in [1.29, 1.82) is 0 Å². The second-order valence-electron chi connectivity index (χ2n) is 7.75. The monoisotopic (exact) mass is 431 g/mol. The highest BCUT2D eigenvalue weighted by Crippen LogP contribution is 2.52. The second kappa shape index (κ2) is 8.04. The van der Waals surface area contributed by atoms with Crippen molar-refractivity contribution in [3.63, 3.8) is 0 Å². The highest BCUT2D eigenvalue weighted by molar-refractivity contribution is 8.03. The van der Waals surface area contributed by atoms with E-state index >= 15 is 0 Å². The quantitative estimate of drug-likeness (QED) is 0.382. The molecule has 0 amide bonds. The first-order valence-corrected chi connectivity index (χ1v) is 11.0. The first kappa shape index (κ1) is 20.3. The zero-order valence-electron chi connectivity index (χ0n) is 16.3. The van der Waals surface area contributed by atoms with E-state index in [4.69, 9.17) is 11.6 Å². The molecule has 2 aliphatic rings. The molecule has 0 spiro atoms. The van der Waals surface area contributed by atoms with Crippen LogP contribution in [0.2, 0.25) is 0 Å². The minimum absolute atomic E-state index is 0.0578. The lowest BCUT2D eigenvalue weighted by atomic mass is 9.98. The molecule has 1 aromatic heterocycles. The van der Waals surface area contributed by atoms with Gasteiger partial charge >= 0.3 is 5.97 Å². The summed E-state index contributed by atoms with van der Waals surface area (Å²) in [6, 6.07) is 3.27. The fraction of sp³-hybridized carbons (Fsp3) is 0.348. The van der Waals surface area contributed by atoms with E-state index < -0.39 is 5.97 Å². The summed E-state index contributed by atoms with van der Waals surface area (Å²) in [7, 11) is 0. The fourth-order valence-electron chi connectivity index (χ4n) is 4.21. The zero-order valence-corrected chi connectivity index (χ0v) is 17.8. The Morgan fingerprint density at radius 1 is 1.38 bits per heavy atom. The van der Waals surface area contributed by atoms with Crippen molar-refractivity contribution < 1.29 is 14.3 Å². The van der Waals surface area contributed by atoms with Crippen molar-refractivity contribution in [3.05, 3.63) is 64.0 Å². The molecular weight excluding hydrogens is 409 g/mol. The van der Waals surface area contributed by atoms with E-state index in [9.17, 15) is 14.3 Å². The van der Waals surface area contributed by atoms with Crippen LogP contribution in [0.4, 0.5) is 4.39 Å². The number of hydrogen-bond acceptors (Lipinski definition) is 2. The average molecular weight is 432 g/mol. The highest BCUT2D eigenvalue weighted by atomic mass is 35.5. The number of rotatable bonds is 7. The van der Waals surface area contributed by atoms with Crippen molar-refractivity contribution >= 4 is 40.2 Å². The number of allylic oxidation sites excluding steroid dienone is 5.